The van der Waals surface area contributed by atoms with Crippen molar-refractivity contribution in [3.05, 3.63) is 47.1 Å². The predicted octanol–water partition coefficient (Wildman–Crippen LogP) is 2.74. The normalized spacial score (nSPS) is 20.5. The third-order valence-corrected chi connectivity index (χ3v) is 4.60. The van der Waals surface area contributed by atoms with Crippen LogP contribution < -0.4 is 10.2 Å². The van der Waals surface area contributed by atoms with E-state index < -0.39 is 0 Å². The fraction of sp³-hybridized carbons (Fsp3) is 0.353. The van der Waals surface area contributed by atoms with Crippen LogP contribution in [-0.4, -0.2) is 29.4 Å². The molecule has 4 rings (SSSR count). The third-order valence-electron chi connectivity index (χ3n) is 4.28. The first kappa shape index (κ1) is 15.2. The summed E-state index contributed by atoms with van der Waals surface area (Å²) in [5, 5.41) is 3.36. The highest BCUT2D eigenvalue weighted by atomic mass is 35.5. The van der Waals surface area contributed by atoms with Crippen LogP contribution in [0.1, 0.15) is 41.6 Å². The van der Waals surface area contributed by atoms with E-state index >= 15 is 0 Å². The topological polar surface area (TPSA) is 75.4 Å². The number of oxazole rings is 1. The largest absolute Gasteiger partial charge is 0.435 e. The van der Waals surface area contributed by atoms with Crippen LogP contribution in [-0.2, 0) is 4.79 Å². The van der Waals surface area contributed by atoms with Gasteiger partial charge >= 0.3 is 0 Å². The minimum Gasteiger partial charge on any atom is -0.435 e. The Morgan fingerprint density at radius 1 is 1.33 bits per heavy atom. The molecule has 6 nitrogen and oxygen atoms in total. The number of halogens is 1. The van der Waals surface area contributed by atoms with Crippen LogP contribution in [0.5, 0.6) is 0 Å². The zero-order chi connectivity index (χ0) is 16.7. The summed E-state index contributed by atoms with van der Waals surface area (Å²) in [4.78, 5) is 30.3. The molecule has 24 heavy (non-hydrogen) atoms. The SMILES string of the molecule is O=C(NC1CC(=O)N(c2ccccc2Cl)C1)c1cnc(C2CC2)o1. The van der Waals surface area contributed by atoms with Crippen molar-refractivity contribution in [1.82, 2.24) is 10.3 Å². The van der Waals surface area contributed by atoms with Gasteiger partial charge in [-0.15, -0.1) is 0 Å². The molecule has 1 aromatic heterocycles. The summed E-state index contributed by atoms with van der Waals surface area (Å²) in [5.41, 5.74) is 0.664. The summed E-state index contributed by atoms with van der Waals surface area (Å²) >= 11 is 6.15. The molecule has 1 aliphatic heterocycles. The Kier molecular flexibility index (Phi) is 3.76. The number of hydrogen-bond acceptors (Lipinski definition) is 4. The lowest BCUT2D eigenvalue weighted by atomic mass is 10.2. The van der Waals surface area contributed by atoms with E-state index in [0.717, 1.165) is 12.8 Å². The van der Waals surface area contributed by atoms with Gasteiger partial charge in [-0.05, 0) is 25.0 Å². The van der Waals surface area contributed by atoms with Crippen LogP contribution in [0.15, 0.2) is 34.9 Å². The number of anilines is 1. The average Bonchev–Trinajstić information content (AvgIpc) is 3.18. The molecule has 1 saturated carbocycles. The van der Waals surface area contributed by atoms with Crippen LogP contribution in [0, 0.1) is 0 Å². The number of para-hydroxylation sites is 1. The molecule has 0 spiro atoms. The van der Waals surface area contributed by atoms with E-state index in [1.54, 1.807) is 17.0 Å². The fourth-order valence-electron chi connectivity index (χ4n) is 2.88. The van der Waals surface area contributed by atoms with Crippen LogP contribution >= 0.6 is 11.6 Å². The van der Waals surface area contributed by atoms with Gasteiger partial charge in [-0.2, -0.15) is 0 Å². The van der Waals surface area contributed by atoms with Crippen molar-refractivity contribution in [2.75, 3.05) is 11.4 Å². The Labute approximate surface area is 143 Å². The molecule has 2 aliphatic rings. The van der Waals surface area contributed by atoms with Gasteiger partial charge in [-0.25, -0.2) is 4.98 Å². The standard InChI is InChI=1S/C17H16ClN3O3/c18-12-3-1-2-4-13(12)21-9-11(7-15(21)22)20-16(23)14-8-19-17(24-14)10-5-6-10/h1-4,8,10-11H,5-7,9H2,(H,20,23). The summed E-state index contributed by atoms with van der Waals surface area (Å²) in [6.07, 6.45) is 3.81. The Morgan fingerprint density at radius 3 is 2.88 bits per heavy atom. The highest BCUT2D eigenvalue weighted by Gasteiger charge is 2.34. The number of hydrogen-bond donors (Lipinski definition) is 1. The van der Waals surface area contributed by atoms with Gasteiger partial charge in [-0.1, -0.05) is 23.7 Å². The molecule has 1 saturated heterocycles. The molecule has 2 aromatic rings. The van der Waals surface area contributed by atoms with Gasteiger partial charge in [0.1, 0.15) is 0 Å². The first-order chi connectivity index (χ1) is 11.6. The molecule has 2 amide bonds. The highest BCUT2D eigenvalue weighted by molar-refractivity contribution is 6.33. The van der Waals surface area contributed by atoms with Crippen LogP contribution in [0.4, 0.5) is 5.69 Å². The van der Waals surface area contributed by atoms with E-state index in [1.807, 2.05) is 12.1 Å². The van der Waals surface area contributed by atoms with E-state index in [4.69, 9.17) is 16.0 Å². The van der Waals surface area contributed by atoms with Crippen molar-refractivity contribution in [3.8, 4) is 0 Å². The monoisotopic (exact) mass is 345 g/mol. The van der Waals surface area contributed by atoms with Crippen molar-refractivity contribution in [2.45, 2.75) is 31.2 Å². The first-order valence-corrected chi connectivity index (χ1v) is 8.31. The van der Waals surface area contributed by atoms with E-state index in [0.29, 0.717) is 29.1 Å². The van der Waals surface area contributed by atoms with E-state index in [9.17, 15) is 9.59 Å². The molecule has 1 N–H and O–H groups in total. The number of carbonyl (C=O) groups is 2. The third kappa shape index (κ3) is 2.89. The van der Waals surface area contributed by atoms with Gasteiger partial charge in [0, 0.05) is 18.9 Å². The number of aromatic nitrogens is 1. The smallest absolute Gasteiger partial charge is 0.289 e. The molecular formula is C17H16ClN3O3. The van der Waals surface area contributed by atoms with Crippen molar-refractivity contribution in [3.63, 3.8) is 0 Å². The summed E-state index contributed by atoms with van der Waals surface area (Å²) in [6.45, 7) is 0.387. The number of amides is 2. The first-order valence-electron chi connectivity index (χ1n) is 7.93. The van der Waals surface area contributed by atoms with Crippen molar-refractivity contribution < 1.29 is 14.0 Å². The molecule has 2 fully saturated rings. The lowest BCUT2D eigenvalue weighted by Gasteiger charge is -2.18. The van der Waals surface area contributed by atoms with Gasteiger partial charge in [0.15, 0.2) is 5.89 Å². The quantitative estimate of drug-likeness (QED) is 0.924. The van der Waals surface area contributed by atoms with E-state index in [1.165, 1.54) is 6.20 Å². The fourth-order valence-corrected chi connectivity index (χ4v) is 3.11. The molecule has 7 heteroatoms. The minimum absolute atomic E-state index is 0.0651. The molecule has 1 aromatic carbocycles. The molecular weight excluding hydrogens is 330 g/mol. The Hall–Kier alpha value is -2.34. The van der Waals surface area contributed by atoms with Crippen LogP contribution in [0.2, 0.25) is 5.02 Å². The maximum absolute atomic E-state index is 12.3. The molecule has 1 atom stereocenters. The summed E-state index contributed by atoms with van der Waals surface area (Å²) in [7, 11) is 0. The summed E-state index contributed by atoms with van der Waals surface area (Å²) < 4.78 is 5.49. The van der Waals surface area contributed by atoms with Crippen LogP contribution in [0.3, 0.4) is 0 Å². The number of nitrogens with zero attached hydrogens (tertiary/aromatic N) is 2. The van der Waals surface area contributed by atoms with Crippen LogP contribution in [0.25, 0.3) is 0 Å². The maximum atomic E-state index is 12.3. The van der Waals surface area contributed by atoms with Gasteiger partial charge in [0.25, 0.3) is 5.91 Å². The lowest BCUT2D eigenvalue weighted by molar-refractivity contribution is -0.117. The van der Waals surface area contributed by atoms with Gasteiger partial charge < -0.3 is 14.6 Å². The van der Waals surface area contributed by atoms with Gasteiger partial charge in [0.2, 0.25) is 11.7 Å². The van der Waals surface area contributed by atoms with E-state index in [2.05, 4.69) is 10.3 Å². The average molecular weight is 346 g/mol. The molecule has 1 aliphatic carbocycles. The molecule has 0 radical (unpaired) electrons. The number of nitrogens with one attached hydrogen (secondary N) is 1. The second-order valence-electron chi connectivity index (χ2n) is 6.17. The van der Waals surface area contributed by atoms with Crippen molar-refractivity contribution >= 4 is 29.1 Å². The summed E-state index contributed by atoms with van der Waals surface area (Å²) in [5.74, 6) is 0.772. The number of benzene rings is 1. The minimum atomic E-state index is -0.340. The molecule has 2 heterocycles. The number of rotatable bonds is 4. The summed E-state index contributed by atoms with van der Waals surface area (Å²) in [6, 6.07) is 6.89. The zero-order valence-electron chi connectivity index (χ0n) is 12.9. The zero-order valence-corrected chi connectivity index (χ0v) is 13.6. The maximum Gasteiger partial charge on any atom is 0.289 e. The Bertz CT molecular complexity index is 800. The number of carbonyl (C=O) groups excluding carboxylic acids is 2. The predicted molar refractivity (Wildman–Crippen MR) is 88.2 cm³/mol. The van der Waals surface area contributed by atoms with Crippen molar-refractivity contribution in [2.24, 2.45) is 0 Å². The molecule has 124 valence electrons. The second kappa shape index (κ2) is 5.94. The lowest BCUT2D eigenvalue weighted by Crippen LogP contribution is -2.37. The Balaban J connectivity index is 1.43. The molecule has 0 bridgehead atoms. The van der Waals surface area contributed by atoms with Gasteiger partial charge in [-0.3, -0.25) is 9.59 Å². The van der Waals surface area contributed by atoms with Gasteiger partial charge in [0.05, 0.1) is 22.9 Å². The second-order valence-corrected chi connectivity index (χ2v) is 6.57. The Morgan fingerprint density at radius 2 is 2.12 bits per heavy atom. The highest BCUT2D eigenvalue weighted by Crippen LogP contribution is 2.39. The molecule has 1 unspecified atom stereocenters. The van der Waals surface area contributed by atoms with E-state index in [-0.39, 0.29) is 30.0 Å². The van der Waals surface area contributed by atoms with Crippen molar-refractivity contribution in [1.29, 1.82) is 0 Å².